The number of aromatic nitrogens is 1. The number of hydrogen-bond acceptors (Lipinski definition) is 2. The molecule has 2 N–H and O–H groups in total. The van der Waals surface area contributed by atoms with Gasteiger partial charge in [0, 0.05) is 52.4 Å². The van der Waals surface area contributed by atoms with Crippen LogP contribution < -0.4 is 9.80 Å². The van der Waals surface area contributed by atoms with Crippen LogP contribution in [0.1, 0.15) is 11.3 Å². The normalized spacial score (nSPS) is 17.6. The number of quaternary nitrogens is 1. The van der Waals surface area contributed by atoms with Gasteiger partial charge >= 0.3 is 0 Å². The molecule has 1 fully saturated rings. The second-order valence-corrected chi connectivity index (χ2v) is 8.52. The first-order chi connectivity index (χ1) is 14.2. The average Bonchev–Trinajstić information content (AvgIpc) is 3.12. The zero-order chi connectivity index (χ0) is 19.8. The Morgan fingerprint density at radius 1 is 1.07 bits per heavy atom. The van der Waals surface area contributed by atoms with E-state index >= 15 is 0 Å². The summed E-state index contributed by atoms with van der Waals surface area (Å²) in [5.41, 5.74) is 4.86. The summed E-state index contributed by atoms with van der Waals surface area (Å²) in [7, 11) is 0. The van der Waals surface area contributed by atoms with E-state index in [0.29, 0.717) is 13.1 Å². The molecule has 5 nitrogen and oxygen atoms in total. The van der Waals surface area contributed by atoms with Crippen LogP contribution >= 0.6 is 11.6 Å². The number of aromatic amines is 1. The van der Waals surface area contributed by atoms with E-state index in [1.54, 1.807) is 0 Å². The van der Waals surface area contributed by atoms with Crippen LogP contribution in [0.15, 0.2) is 48.5 Å². The van der Waals surface area contributed by atoms with Crippen molar-refractivity contribution < 1.29 is 9.69 Å². The van der Waals surface area contributed by atoms with Gasteiger partial charge < -0.3 is 19.7 Å². The molecule has 0 atom stereocenters. The first kappa shape index (κ1) is 18.5. The number of para-hydroxylation sites is 1. The van der Waals surface area contributed by atoms with Crippen molar-refractivity contribution in [1.29, 1.82) is 0 Å². The van der Waals surface area contributed by atoms with Gasteiger partial charge in [-0.05, 0) is 30.3 Å². The maximum Gasteiger partial charge on any atom is 0.278 e. The maximum absolute atomic E-state index is 13.0. The van der Waals surface area contributed by atoms with Gasteiger partial charge in [0.1, 0.15) is 0 Å². The molecule has 0 bridgehead atoms. The number of H-pyrrole nitrogens is 1. The van der Waals surface area contributed by atoms with E-state index in [0.717, 1.165) is 55.1 Å². The first-order valence-corrected chi connectivity index (χ1v) is 10.8. The Morgan fingerprint density at radius 3 is 2.66 bits per heavy atom. The molecule has 3 heterocycles. The molecule has 2 aliphatic heterocycles. The lowest BCUT2D eigenvalue weighted by molar-refractivity contribution is -0.892. The highest BCUT2D eigenvalue weighted by molar-refractivity contribution is 6.31. The molecule has 1 aromatic heterocycles. The van der Waals surface area contributed by atoms with Crippen LogP contribution in [0.4, 0.5) is 5.69 Å². The number of amides is 1. The standard InChI is InChI=1S/C23H25ClN4O/c24-17-6-7-21-19(14-17)20-15-28(9-8-22(20)25-21)23(29)16-26-10-12-27(13-11-26)18-4-2-1-3-5-18/h1-7,14,25H,8-13,15-16H2/p+1. The summed E-state index contributed by atoms with van der Waals surface area (Å²) in [6, 6.07) is 16.5. The van der Waals surface area contributed by atoms with Crippen molar-refractivity contribution in [3.63, 3.8) is 0 Å². The minimum atomic E-state index is 0.259. The first-order valence-electron chi connectivity index (χ1n) is 10.4. The number of fused-ring (bicyclic) bond motifs is 3. The smallest absolute Gasteiger partial charge is 0.278 e. The molecule has 1 saturated heterocycles. The zero-order valence-electron chi connectivity index (χ0n) is 16.5. The molecule has 150 valence electrons. The fourth-order valence-corrected chi connectivity index (χ4v) is 4.79. The highest BCUT2D eigenvalue weighted by Gasteiger charge is 2.28. The van der Waals surface area contributed by atoms with Crippen molar-refractivity contribution in [1.82, 2.24) is 9.88 Å². The van der Waals surface area contributed by atoms with Crippen molar-refractivity contribution in [3.05, 3.63) is 64.8 Å². The second kappa shape index (κ2) is 7.73. The highest BCUT2D eigenvalue weighted by atomic mass is 35.5. The Balaban J connectivity index is 1.21. The number of carbonyl (C=O) groups excluding carboxylic acids is 1. The summed E-state index contributed by atoms with van der Waals surface area (Å²) < 4.78 is 0. The molecule has 29 heavy (non-hydrogen) atoms. The third-order valence-corrected chi connectivity index (χ3v) is 6.52. The van der Waals surface area contributed by atoms with Gasteiger partial charge in [0.2, 0.25) is 0 Å². The van der Waals surface area contributed by atoms with Crippen LogP contribution in [0.5, 0.6) is 0 Å². The van der Waals surface area contributed by atoms with Crippen LogP contribution in [-0.4, -0.2) is 55.1 Å². The molecule has 2 aromatic carbocycles. The lowest BCUT2D eigenvalue weighted by atomic mass is 10.0. The number of piperazine rings is 1. The second-order valence-electron chi connectivity index (χ2n) is 8.09. The molecular weight excluding hydrogens is 384 g/mol. The van der Waals surface area contributed by atoms with E-state index in [1.165, 1.54) is 21.8 Å². The molecule has 2 aliphatic rings. The summed E-state index contributed by atoms with van der Waals surface area (Å²) in [5, 5.41) is 1.89. The summed E-state index contributed by atoms with van der Waals surface area (Å²) in [4.78, 5) is 22.3. The molecule has 5 rings (SSSR count). The largest absolute Gasteiger partial charge is 0.360 e. The highest BCUT2D eigenvalue weighted by Crippen LogP contribution is 2.29. The van der Waals surface area contributed by atoms with E-state index < -0.39 is 0 Å². The molecule has 0 aliphatic carbocycles. The van der Waals surface area contributed by atoms with Crippen molar-refractivity contribution in [3.8, 4) is 0 Å². The van der Waals surface area contributed by atoms with Gasteiger partial charge in [0.05, 0.1) is 26.2 Å². The SMILES string of the molecule is O=C(C[NH+]1CCN(c2ccccc2)CC1)N1CCc2[nH]c3ccc(Cl)cc3c2C1. The van der Waals surface area contributed by atoms with Crippen LogP contribution in [0.2, 0.25) is 5.02 Å². The van der Waals surface area contributed by atoms with Gasteiger partial charge in [-0.15, -0.1) is 0 Å². The lowest BCUT2D eigenvalue weighted by Crippen LogP contribution is -3.15. The fourth-order valence-electron chi connectivity index (χ4n) is 4.62. The predicted octanol–water partition coefficient (Wildman–Crippen LogP) is 2.11. The summed E-state index contributed by atoms with van der Waals surface area (Å²) in [6.07, 6.45) is 0.879. The molecule has 0 unspecified atom stereocenters. The van der Waals surface area contributed by atoms with E-state index in [2.05, 4.69) is 40.2 Å². The topological polar surface area (TPSA) is 43.8 Å². The number of rotatable bonds is 3. The van der Waals surface area contributed by atoms with Crippen molar-refractivity contribution in [2.45, 2.75) is 13.0 Å². The Hall–Kier alpha value is -2.50. The quantitative estimate of drug-likeness (QED) is 0.696. The zero-order valence-corrected chi connectivity index (χ0v) is 17.2. The molecule has 0 radical (unpaired) electrons. The van der Waals surface area contributed by atoms with Crippen molar-refractivity contribution in [2.24, 2.45) is 0 Å². The summed E-state index contributed by atoms with van der Waals surface area (Å²) in [5.74, 6) is 0.259. The molecule has 6 heteroatoms. The van der Waals surface area contributed by atoms with Gasteiger partial charge in [0.25, 0.3) is 5.91 Å². The number of anilines is 1. The third-order valence-electron chi connectivity index (χ3n) is 6.28. The van der Waals surface area contributed by atoms with E-state index in [-0.39, 0.29) is 5.91 Å². The minimum absolute atomic E-state index is 0.259. The van der Waals surface area contributed by atoms with Crippen molar-refractivity contribution >= 4 is 34.1 Å². The van der Waals surface area contributed by atoms with Crippen LogP contribution in [0, 0.1) is 0 Å². The van der Waals surface area contributed by atoms with E-state index in [1.807, 2.05) is 23.1 Å². The molecular formula is C23H26ClN4O+. The van der Waals surface area contributed by atoms with Crippen LogP contribution in [-0.2, 0) is 17.8 Å². The number of nitrogens with zero attached hydrogens (tertiary/aromatic N) is 2. The molecule has 0 saturated carbocycles. The maximum atomic E-state index is 13.0. The minimum Gasteiger partial charge on any atom is -0.360 e. The predicted molar refractivity (Wildman–Crippen MR) is 117 cm³/mol. The fraction of sp³-hybridized carbons (Fsp3) is 0.348. The Morgan fingerprint density at radius 2 is 1.86 bits per heavy atom. The Bertz CT molecular complexity index is 1020. The number of halogens is 1. The molecule has 3 aromatic rings. The van der Waals surface area contributed by atoms with Gasteiger partial charge in [-0.25, -0.2) is 0 Å². The molecule has 1 amide bonds. The number of carbonyl (C=O) groups is 1. The Kier molecular flexibility index (Phi) is 4.94. The Labute approximate surface area is 175 Å². The third kappa shape index (κ3) is 3.72. The van der Waals surface area contributed by atoms with E-state index in [9.17, 15) is 4.79 Å². The van der Waals surface area contributed by atoms with Crippen LogP contribution in [0.25, 0.3) is 10.9 Å². The van der Waals surface area contributed by atoms with Gasteiger partial charge in [-0.2, -0.15) is 0 Å². The number of nitrogens with one attached hydrogen (secondary N) is 2. The lowest BCUT2D eigenvalue weighted by Gasteiger charge is -2.35. The number of hydrogen-bond donors (Lipinski definition) is 2. The van der Waals surface area contributed by atoms with Crippen molar-refractivity contribution in [2.75, 3.05) is 44.2 Å². The summed E-state index contributed by atoms with van der Waals surface area (Å²) in [6.45, 7) is 6.05. The number of benzene rings is 2. The van der Waals surface area contributed by atoms with E-state index in [4.69, 9.17) is 11.6 Å². The van der Waals surface area contributed by atoms with Gasteiger partial charge in [0.15, 0.2) is 6.54 Å². The van der Waals surface area contributed by atoms with Gasteiger partial charge in [-0.3, -0.25) is 4.79 Å². The monoisotopic (exact) mass is 409 g/mol. The summed E-state index contributed by atoms with van der Waals surface area (Å²) >= 11 is 6.20. The van der Waals surface area contributed by atoms with Crippen LogP contribution in [0.3, 0.4) is 0 Å². The average molecular weight is 410 g/mol. The van der Waals surface area contributed by atoms with Gasteiger partial charge in [-0.1, -0.05) is 29.8 Å². The molecule has 0 spiro atoms.